The van der Waals surface area contributed by atoms with E-state index in [9.17, 15) is 9.59 Å². The van der Waals surface area contributed by atoms with E-state index in [0.717, 1.165) is 22.7 Å². The second-order valence-electron chi connectivity index (χ2n) is 6.71. The van der Waals surface area contributed by atoms with Gasteiger partial charge >= 0.3 is 0 Å². The van der Waals surface area contributed by atoms with Crippen molar-refractivity contribution in [2.24, 2.45) is 0 Å². The van der Waals surface area contributed by atoms with E-state index >= 15 is 0 Å². The van der Waals surface area contributed by atoms with Gasteiger partial charge in [0, 0.05) is 32.1 Å². The van der Waals surface area contributed by atoms with Crippen LogP contribution in [0.25, 0.3) is 0 Å². The number of methoxy groups -OCH3 is 1. The first-order valence-electron chi connectivity index (χ1n) is 9.02. The highest BCUT2D eigenvalue weighted by Gasteiger charge is 2.28. The molecular weight excluding hydrogens is 350 g/mol. The molecule has 0 aromatic carbocycles. The molecule has 0 bridgehead atoms. The van der Waals surface area contributed by atoms with E-state index in [-0.39, 0.29) is 17.9 Å². The lowest BCUT2D eigenvalue weighted by Crippen LogP contribution is -2.36. The highest BCUT2D eigenvalue weighted by Crippen LogP contribution is 2.19. The summed E-state index contributed by atoms with van der Waals surface area (Å²) in [6.45, 7) is 5.19. The third-order valence-corrected chi connectivity index (χ3v) is 4.77. The number of nitrogens with one attached hydrogen (secondary N) is 2. The minimum atomic E-state index is -0.168. The van der Waals surface area contributed by atoms with Crippen molar-refractivity contribution in [3.63, 3.8) is 0 Å². The SMILES string of the molecule is COCCNC(=O)c1cnn2c1C[C@H](NC(=O)CCc1c(C)noc1C)C2. The Balaban J connectivity index is 1.51. The first kappa shape index (κ1) is 19.1. The zero-order chi connectivity index (χ0) is 19.4. The molecule has 0 radical (unpaired) electrons. The Morgan fingerprint density at radius 1 is 1.41 bits per heavy atom. The molecule has 1 aliphatic rings. The standard InChI is InChI=1S/C18H25N5O4/c1-11-14(12(2)27-22-11)4-5-17(24)21-13-8-16-15(9-20-23(16)10-13)18(25)19-6-7-26-3/h9,13H,4-8,10H2,1-3H3,(H,19,25)(H,21,24)/t13-/m0/s1. The number of nitrogens with zero attached hydrogens (tertiary/aromatic N) is 3. The summed E-state index contributed by atoms with van der Waals surface area (Å²) in [5, 5.41) is 14.0. The Labute approximate surface area is 157 Å². The van der Waals surface area contributed by atoms with E-state index < -0.39 is 0 Å². The molecule has 0 unspecified atom stereocenters. The molecule has 2 amide bonds. The van der Waals surface area contributed by atoms with Crippen LogP contribution in [0.4, 0.5) is 0 Å². The Hall–Kier alpha value is -2.68. The first-order chi connectivity index (χ1) is 13.0. The summed E-state index contributed by atoms with van der Waals surface area (Å²) in [6, 6.07) is -0.0589. The second-order valence-corrected chi connectivity index (χ2v) is 6.71. The maximum atomic E-state index is 12.3. The maximum absolute atomic E-state index is 12.3. The molecule has 0 fully saturated rings. The van der Waals surface area contributed by atoms with Crippen molar-refractivity contribution in [3.8, 4) is 0 Å². The quantitative estimate of drug-likeness (QED) is 0.652. The number of amides is 2. The van der Waals surface area contributed by atoms with Gasteiger partial charge in [0.1, 0.15) is 5.76 Å². The lowest BCUT2D eigenvalue weighted by Gasteiger charge is -2.11. The number of carbonyl (C=O) groups excluding carboxylic acids is 2. The van der Waals surface area contributed by atoms with E-state index in [1.54, 1.807) is 18.0 Å². The van der Waals surface area contributed by atoms with Crippen LogP contribution in [-0.4, -0.2) is 53.1 Å². The van der Waals surface area contributed by atoms with E-state index in [1.807, 2.05) is 13.8 Å². The van der Waals surface area contributed by atoms with Crippen LogP contribution in [0.15, 0.2) is 10.7 Å². The third-order valence-electron chi connectivity index (χ3n) is 4.77. The molecule has 146 valence electrons. The Morgan fingerprint density at radius 3 is 2.93 bits per heavy atom. The summed E-state index contributed by atoms with van der Waals surface area (Å²) in [5.74, 6) is 0.556. The Morgan fingerprint density at radius 2 is 2.22 bits per heavy atom. The molecule has 3 rings (SSSR count). The lowest BCUT2D eigenvalue weighted by molar-refractivity contribution is -0.121. The summed E-state index contributed by atoms with van der Waals surface area (Å²) >= 11 is 0. The third kappa shape index (κ3) is 4.36. The summed E-state index contributed by atoms with van der Waals surface area (Å²) in [4.78, 5) is 24.5. The Kier molecular flexibility index (Phi) is 5.90. The van der Waals surface area contributed by atoms with E-state index in [0.29, 0.717) is 44.5 Å². The first-order valence-corrected chi connectivity index (χ1v) is 9.02. The molecule has 2 aromatic rings. The van der Waals surface area contributed by atoms with E-state index in [2.05, 4.69) is 20.9 Å². The largest absolute Gasteiger partial charge is 0.383 e. The molecule has 1 aliphatic heterocycles. The fourth-order valence-corrected chi connectivity index (χ4v) is 3.34. The molecule has 3 heterocycles. The highest BCUT2D eigenvalue weighted by molar-refractivity contribution is 5.95. The monoisotopic (exact) mass is 375 g/mol. The molecule has 1 atom stereocenters. The maximum Gasteiger partial charge on any atom is 0.254 e. The fourth-order valence-electron chi connectivity index (χ4n) is 3.34. The number of rotatable bonds is 8. The average molecular weight is 375 g/mol. The van der Waals surface area contributed by atoms with Gasteiger partial charge in [0.15, 0.2) is 0 Å². The predicted molar refractivity (Wildman–Crippen MR) is 96.4 cm³/mol. The van der Waals surface area contributed by atoms with Gasteiger partial charge in [-0.2, -0.15) is 5.10 Å². The smallest absolute Gasteiger partial charge is 0.254 e. The van der Waals surface area contributed by atoms with Crippen LogP contribution >= 0.6 is 0 Å². The van der Waals surface area contributed by atoms with E-state index in [1.165, 1.54) is 0 Å². The average Bonchev–Trinajstić information content (AvgIpc) is 3.28. The summed E-state index contributed by atoms with van der Waals surface area (Å²) in [7, 11) is 1.59. The van der Waals surface area contributed by atoms with Gasteiger partial charge in [-0.05, 0) is 20.3 Å². The van der Waals surface area contributed by atoms with Crippen molar-refractivity contribution >= 4 is 11.8 Å². The molecular formula is C18H25N5O4. The topological polar surface area (TPSA) is 111 Å². The van der Waals surface area contributed by atoms with Crippen LogP contribution in [0.1, 0.15) is 39.5 Å². The minimum Gasteiger partial charge on any atom is -0.383 e. The van der Waals surface area contributed by atoms with Crippen LogP contribution in [0.3, 0.4) is 0 Å². The minimum absolute atomic E-state index is 0.0307. The van der Waals surface area contributed by atoms with Gasteiger partial charge in [0.2, 0.25) is 5.91 Å². The number of hydrogen-bond acceptors (Lipinski definition) is 6. The highest BCUT2D eigenvalue weighted by atomic mass is 16.5. The van der Waals surface area contributed by atoms with E-state index in [4.69, 9.17) is 9.26 Å². The molecule has 27 heavy (non-hydrogen) atoms. The Bertz CT molecular complexity index is 806. The van der Waals surface area contributed by atoms with Gasteiger partial charge in [0.05, 0.1) is 42.3 Å². The number of carbonyl (C=O) groups is 2. The number of ether oxygens (including phenoxy) is 1. The molecule has 0 spiro atoms. The molecule has 0 saturated heterocycles. The zero-order valence-corrected chi connectivity index (χ0v) is 15.9. The molecule has 2 aromatic heterocycles. The van der Waals surface area contributed by atoms with Crippen molar-refractivity contribution < 1.29 is 18.8 Å². The van der Waals surface area contributed by atoms with Gasteiger partial charge in [-0.25, -0.2) is 0 Å². The van der Waals surface area contributed by atoms with Crippen molar-refractivity contribution in [1.29, 1.82) is 0 Å². The summed E-state index contributed by atoms with van der Waals surface area (Å²) in [6.07, 6.45) is 3.13. The predicted octanol–water partition coefficient (Wildman–Crippen LogP) is 0.538. The van der Waals surface area contributed by atoms with Crippen LogP contribution in [0.5, 0.6) is 0 Å². The number of aryl methyl sites for hydroxylation is 2. The van der Waals surface area contributed by atoms with Gasteiger partial charge in [-0.15, -0.1) is 0 Å². The molecule has 2 N–H and O–H groups in total. The van der Waals surface area contributed by atoms with Crippen LogP contribution in [0.2, 0.25) is 0 Å². The summed E-state index contributed by atoms with van der Waals surface area (Å²) in [5.41, 5.74) is 3.21. The molecule has 9 heteroatoms. The molecule has 0 aliphatic carbocycles. The lowest BCUT2D eigenvalue weighted by atomic mass is 10.1. The number of hydrogen-bond donors (Lipinski definition) is 2. The van der Waals surface area contributed by atoms with Crippen LogP contribution in [-0.2, 0) is 28.9 Å². The van der Waals surface area contributed by atoms with Crippen molar-refractivity contribution in [1.82, 2.24) is 25.6 Å². The van der Waals surface area contributed by atoms with Crippen molar-refractivity contribution in [3.05, 3.63) is 34.5 Å². The second kappa shape index (κ2) is 8.34. The van der Waals surface area contributed by atoms with Crippen molar-refractivity contribution in [2.45, 2.75) is 45.7 Å². The van der Waals surface area contributed by atoms with Gasteiger partial charge in [-0.3, -0.25) is 14.3 Å². The zero-order valence-electron chi connectivity index (χ0n) is 15.9. The van der Waals surface area contributed by atoms with Gasteiger partial charge in [0.25, 0.3) is 5.91 Å². The summed E-state index contributed by atoms with van der Waals surface area (Å²) < 4.78 is 11.8. The number of fused-ring (bicyclic) bond motifs is 1. The molecule has 0 saturated carbocycles. The fraction of sp³-hybridized carbons (Fsp3) is 0.556. The van der Waals surface area contributed by atoms with Crippen molar-refractivity contribution in [2.75, 3.05) is 20.3 Å². The normalized spacial score (nSPS) is 15.6. The van der Waals surface area contributed by atoms with Crippen LogP contribution in [0, 0.1) is 13.8 Å². The van der Waals surface area contributed by atoms with Gasteiger partial charge in [-0.1, -0.05) is 5.16 Å². The van der Waals surface area contributed by atoms with Crippen LogP contribution < -0.4 is 10.6 Å². The van der Waals surface area contributed by atoms with Gasteiger partial charge < -0.3 is 19.9 Å². The molecule has 9 nitrogen and oxygen atoms in total. The number of aromatic nitrogens is 3.